The molecule has 0 spiro atoms. The maximum Gasteiger partial charge on any atom is 0.231 e. The maximum absolute atomic E-state index is 7.78. The Balaban J connectivity index is 1.56. The van der Waals surface area contributed by atoms with E-state index in [0.717, 1.165) is 59.7 Å². The van der Waals surface area contributed by atoms with Crippen molar-refractivity contribution >= 4 is 11.8 Å². The molecule has 3 aliphatic heterocycles. The molecule has 4 aliphatic rings. The van der Waals surface area contributed by atoms with Crippen LogP contribution in [0.25, 0.3) is 11.8 Å². The third-order valence-corrected chi connectivity index (χ3v) is 7.09. The van der Waals surface area contributed by atoms with Gasteiger partial charge >= 0.3 is 0 Å². The van der Waals surface area contributed by atoms with Crippen molar-refractivity contribution in [1.82, 2.24) is 4.90 Å². The fourth-order valence-electron chi connectivity index (χ4n) is 5.75. The lowest BCUT2D eigenvalue weighted by molar-refractivity contribution is 0.174. The van der Waals surface area contributed by atoms with Crippen LogP contribution in [0.1, 0.15) is 58.1 Å². The van der Waals surface area contributed by atoms with Gasteiger partial charge in [-0.15, -0.1) is 0 Å². The Morgan fingerprint density at radius 2 is 1.93 bits per heavy atom. The third-order valence-electron chi connectivity index (χ3n) is 7.09. The zero-order chi connectivity index (χ0) is 22.7. The van der Waals surface area contributed by atoms with Gasteiger partial charge in [0.1, 0.15) is 0 Å². The van der Waals surface area contributed by atoms with E-state index in [1.807, 2.05) is 12.1 Å². The predicted octanol–water partition coefficient (Wildman–Crippen LogP) is 5.03. The van der Waals surface area contributed by atoms with Gasteiger partial charge < -0.3 is 23.8 Å². The van der Waals surface area contributed by atoms with Crippen LogP contribution in [-0.4, -0.2) is 32.4 Å². The minimum atomic E-state index is -2.56. The number of methoxy groups -OCH3 is 2. The van der Waals surface area contributed by atoms with Crippen LogP contribution < -0.4 is 18.9 Å². The van der Waals surface area contributed by atoms with E-state index < -0.39 is 7.04 Å². The lowest BCUT2D eigenvalue weighted by Gasteiger charge is -2.46. The highest BCUT2D eigenvalue weighted by atomic mass is 16.7. The second kappa shape index (κ2) is 6.86. The number of rotatable bonds is 3. The van der Waals surface area contributed by atoms with Gasteiger partial charge in [0, 0.05) is 23.4 Å². The number of nitrogens with zero attached hydrogens (tertiary/aromatic N) is 1. The summed E-state index contributed by atoms with van der Waals surface area (Å²) < 4.78 is 45.8. The first-order valence-electron chi connectivity index (χ1n) is 12.2. The number of benzene rings is 2. The third kappa shape index (κ3) is 2.54. The van der Waals surface area contributed by atoms with Crippen LogP contribution in [-0.2, 0) is 6.42 Å². The molecule has 156 valence electrons. The van der Waals surface area contributed by atoms with Crippen molar-refractivity contribution in [3.63, 3.8) is 0 Å². The summed E-state index contributed by atoms with van der Waals surface area (Å²) >= 11 is 0. The number of hydrogen-bond acceptors (Lipinski definition) is 5. The average molecular weight is 409 g/mol. The van der Waals surface area contributed by atoms with Gasteiger partial charge in [-0.05, 0) is 60.6 Å². The summed E-state index contributed by atoms with van der Waals surface area (Å²) in [7, 11) is -0.998. The molecule has 0 bridgehead atoms. The summed E-state index contributed by atoms with van der Waals surface area (Å²) in [6.07, 6.45) is 7.67. The normalized spacial score (nSPS) is 23.5. The molecule has 1 aliphatic carbocycles. The summed E-state index contributed by atoms with van der Waals surface area (Å²) in [5, 5.41) is 0. The highest BCUT2D eigenvalue weighted by Crippen LogP contribution is 2.54. The summed E-state index contributed by atoms with van der Waals surface area (Å²) in [5.74, 6) is 2.82. The molecule has 2 aromatic carbocycles. The van der Waals surface area contributed by atoms with Crippen LogP contribution in [0.3, 0.4) is 0 Å². The molecule has 1 fully saturated rings. The molecule has 1 saturated carbocycles. The predicted molar refractivity (Wildman–Crippen MR) is 115 cm³/mol. The SMILES string of the molecule is [2H]C([2H])([2H])Oc1c(OC)ccc2c1[C@@H](C1CCCC1)N1CCc3cc4c(cc3C1=C2)OCO4. The van der Waals surface area contributed by atoms with Gasteiger partial charge in [-0.3, -0.25) is 0 Å². The zero-order valence-corrected chi connectivity index (χ0v) is 17.1. The molecular formula is C25H27NO4. The van der Waals surface area contributed by atoms with Crippen LogP contribution in [0, 0.1) is 5.92 Å². The van der Waals surface area contributed by atoms with Crippen molar-refractivity contribution in [3.8, 4) is 23.0 Å². The van der Waals surface area contributed by atoms with E-state index in [9.17, 15) is 0 Å². The fourth-order valence-corrected chi connectivity index (χ4v) is 5.75. The van der Waals surface area contributed by atoms with Gasteiger partial charge in [0.25, 0.3) is 0 Å². The molecule has 1 atom stereocenters. The van der Waals surface area contributed by atoms with Crippen LogP contribution in [0.15, 0.2) is 24.3 Å². The Labute approximate surface area is 181 Å². The highest BCUT2D eigenvalue weighted by molar-refractivity contribution is 5.88. The molecule has 0 radical (unpaired) electrons. The number of hydrogen-bond donors (Lipinski definition) is 0. The van der Waals surface area contributed by atoms with Crippen molar-refractivity contribution in [1.29, 1.82) is 0 Å². The minimum absolute atomic E-state index is 0.0357. The molecular weight excluding hydrogens is 378 g/mol. The standard InChI is InChI=1S/C25H27NO4/c1-27-20-8-7-17-11-19-18-13-22-21(29-14-30-22)12-16(18)9-10-26(19)24(15-5-3-4-6-15)23(17)25(20)28-2/h7-8,11-13,15,24H,3-6,9-10,14H2,1-2H3/t24-/m1/s1/i2D3. The molecule has 2 aromatic rings. The number of ether oxygens (including phenoxy) is 4. The van der Waals surface area contributed by atoms with Crippen LogP contribution >= 0.6 is 0 Å². The van der Waals surface area contributed by atoms with Crippen molar-refractivity contribution in [2.75, 3.05) is 27.5 Å². The van der Waals surface area contributed by atoms with Crippen molar-refractivity contribution < 1.29 is 23.1 Å². The van der Waals surface area contributed by atoms with Gasteiger partial charge in [-0.25, -0.2) is 0 Å². The topological polar surface area (TPSA) is 40.2 Å². The van der Waals surface area contributed by atoms with Gasteiger partial charge in [0.05, 0.1) is 24.3 Å². The summed E-state index contributed by atoms with van der Waals surface area (Å²) in [4.78, 5) is 2.45. The molecule has 5 nitrogen and oxygen atoms in total. The molecule has 0 saturated heterocycles. The van der Waals surface area contributed by atoms with Gasteiger partial charge in [-0.1, -0.05) is 18.9 Å². The Morgan fingerprint density at radius 3 is 2.73 bits per heavy atom. The highest BCUT2D eigenvalue weighted by Gasteiger charge is 2.41. The van der Waals surface area contributed by atoms with Gasteiger partial charge in [0.2, 0.25) is 6.79 Å². The van der Waals surface area contributed by atoms with E-state index in [1.165, 1.54) is 18.4 Å². The monoisotopic (exact) mass is 408 g/mol. The van der Waals surface area contributed by atoms with E-state index in [2.05, 4.69) is 23.1 Å². The largest absolute Gasteiger partial charge is 0.493 e. The van der Waals surface area contributed by atoms with Crippen molar-refractivity contribution in [3.05, 3.63) is 46.5 Å². The Kier molecular flexibility index (Phi) is 3.44. The van der Waals surface area contributed by atoms with Crippen molar-refractivity contribution in [2.45, 2.75) is 38.1 Å². The summed E-state index contributed by atoms with van der Waals surface area (Å²) in [6.45, 7) is 1.10. The lowest BCUT2D eigenvalue weighted by Crippen LogP contribution is -2.38. The molecule has 0 unspecified atom stereocenters. The average Bonchev–Trinajstić information content (AvgIpc) is 3.47. The van der Waals surface area contributed by atoms with E-state index in [4.69, 9.17) is 23.1 Å². The molecule has 30 heavy (non-hydrogen) atoms. The maximum atomic E-state index is 7.78. The number of fused-ring (bicyclic) bond motifs is 5. The van der Waals surface area contributed by atoms with E-state index in [0.29, 0.717) is 17.4 Å². The first-order chi connectivity index (χ1) is 15.9. The second-order valence-corrected chi connectivity index (χ2v) is 8.53. The van der Waals surface area contributed by atoms with Crippen LogP contribution in [0.4, 0.5) is 0 Å². The Hall–Kier alpha value is -2.82. The lowest BCUT2D eigenvalue weighted by atomic mass is 9.80. The second-order valence-electron chi connectivity index (χ2n) is 8.53. The summed E-state index contributed by atoms with van der Waals surface area (Å²) in [5.41, 5.74) is 5.49. The van der Waals surface area contributed by atoms with Gasteiger partial charge in [-0.2, -0.15) is 0 Å². The van der Waals surface area contributed by atoms with E-state index >= 15 is 0 Å². The molecule has 5 heteroatoms. The fraction of sp³-hybridized carbons (Fsp3) is 0.440. The van der Waals surface area contributed by atoms with Crippen molar-refractivity contribution in [2.24, 2.45) is 5.92 Å². The smallest absolute Gasteiger partial charge is 0.231 e. The molecule has 6 rings (SSSR count). The molecule has 0 N–H and O–H groups in total. The Bertz CT molecular complexity index is 1140. The van der Waals surface area contributed by atoms with Crippen LogP contribution in [0.2, 0.25) is 0 Å². The summed E-state index contributed by atoms with van der Waals surface area (Å²) in [6, 6.07) is 8.06. The first-order valence-corrected chi connectivity index (χ1v) is 10.7. The van der Waals surface area contributed by atoms with E-state index in [1.54, 1.807) is 7.11 Å². The molecule has 0 aromatic heterocycles. The quantitative estimate of drug-likeness (QED) is 0.712. The first kappa shape index (κ1) is 15.1. The van der Waals surface area contributed by atoms with Gasteiger partial charge in [0.15, 0.2) is 23.0 Å². The van der Waals surface area contributed by atoms with Crippen LogP contribution in [0.5, 0.6) is 23.0 Å². The minimum Gasteiger partial charge on any atom is -0.493 e. The zero-order valence-electron chi connectivity index (χ0n) is 20.1. The Morgan fingerprint density at radius 1 is 1.10 bits per heavy atom. The van der Waals surface area contributed by atoms with E-state index in [-0.39, 0.29) is 12.8 Å². The molecule has 0 amide bonds. The molecule has 3 heterocycles.